The van der Waals surface area contributed by atoms with Crippen molar-refractivity contribution in [2.45, 2.75) is 12.8 Å². The van der Waals surface area contributed by atoms with Gasteiger partial charge in [-0.05, 0) is 31.1 Å². The number of carboxylic acid groups (broad SMARTS) is 1. The van der Waals surface area contributed by atoms with Gasteiger partial charge in [0, 0.05) is 0 Å². The number of unbranched alkanes of at least 4 members (excludes halogenated alkanes) is 1. The fraction of sp³-hybridized carbons (Fsp3) is 0.250. The lowest BCUT2D eigenvalue weighted by Gasteiger charge is -2.03. The van der Waals surface area contributed by atoms with E-state index in [0.717, 1.165) is 5.75 Å². The van der Waals surface area contributed by atoms with E-state index in [2.05, 4.69) is 0 Å². The monoisotopic (exact) mass is 222 g/mol. The van der Waals surface area contributed by atoms with Gasteiger partial charge >= 0.3 is 5.97 Å². The Morgan fingerprint density at radius 1 is 1.25 bits per heavy atom. The number of aliphatic carboxylic acids is 1. The van der Waals surface area contributed by atoms with Crippen LogP contribution in [0.2, 0.25) is 0 Å². The first-order valence-electron chi connectivity index (χ1n) is 5.00. The van der Waals surface area contributed by atoms with Crippen LogP contribution >= 0.6 is 0 Å². The Bertz CT molecular complexity index is 357. The lowest BCUT2D eigenvalue weighted by Crippen LogP contribution is -2.00. The highest BCUT2D eigenvalue weighted by Gasteiger charge is 2.01. The third-order valence-electron chi connectivity index (χ3n) is 1.92. The smallest absolute Gasteiger partial charge is 0.370 e. The van der Waals surface area contributed by atoms with Crippen LogP contribution in [0.3, 0.4) is 0 Å². The second-order valence-electron chi connectivity index (χ2n) is 3.20. The summed E-state index contributed by atoms with van der Waals surface area (Å²) in [6.45, 7) is 0.493. The fourth-order valence-corrected chi connectivity index (χ4v) is 1.12. The van der Waals surface area contributed by atoms with Crippen LogP contribution in [-0.2, 0) is 4.79 Å². The Balaban J connectivity index is 2.18. The Labute approximate surface area is 93.8 Å². The molecule has 1 aromatic rings. The summed E-state index contributed by atoms with van der Waals surface area (Å²) in [6, 6.07) is 9.37. The van der Waals surface area contributed by atoms with E-state index in [9.17, 15) is 4.79 Å². The molecule has 4 heteroatoms. The van der Waals surface area contributed by atoms with Crippen LogP contribution in [-0.4, -0.2) is 22.8 Å². The summed E-state index contributed by atoms with van der Waals surface area (Å²) >= 11 is 0. The molecule has 0 aliphatic rings. The molecule has 0 aliphatic heterocycles. The molecular formula is C12H14O4. The second kappa shape index (κ2) is 6.50. The SMILES string of the molecule is O=C(O)/C(O)=C/CCCOc1ccccc1. The Morgan fingerprint density at radius 2 is 1.94 bits per heavy atom. The summed E-state index contributed by atoms with van der Waals surface area (Å²) in [5.41, 5.74) is 0. The van der Waals surface area contributed by atoms with Crippen LogP contribution in [0.4, 0.5) is 0 Å². The molecule has 0 unspecified atom stereocenters. The van der Waals surface area contributed by atoms with Gasteiger partial charge in [0.25, 0.3) is 0 Å². The van der Waals surface area contributed by atoms with Crippen molar-refractivity contribution in [2.75, 3.05) is 6.61 Å². The van der Waals surface area contributed by atoms with Gasteiger partial charge in [0.15, 0.2) is 5.76 Å². The molecule has 0 atom stereocenters. The standard InChI is InChI=1S/C12H14O4/c13-11(12(14)15)8-4-5-9-16-10-6-2-1-3-7-10/h1-3,6-8,13H,4-5,9H2,(H,14,15)/b11-8-. The lowest BCUT2D eigenvalue weighted by atomic mass is 10.3. The van der Waals surface area contributed by atoms with Crippen LogP contribution in [0.1, 0.15) is 12.8 Å². The van der Waals surface area contributed by atoms with Crippen LogP contribution in [0, 0.1) is 0 Å². The fourth-order valence-electron chi connectivity index (χ4n) is 1.12. The van der Waals surface area contributed by atoms with Gasteiger partial charge < -0.3 is 14.9 Å². The summed E-state index contributed by atoms with van der Waals surface area (Å²) in [6.07, 6.45) is 2.41. The highest BCUT2D eigenvalue weighted by atomic mass is 16.5. The molecule has 0 spiro atoms. The number of carbonyl (C=O) groups is 1. The van der Waals surface area contributed by atoms with Crippen molar-refractivity contribution in [1.82, 2.24) is 0 Å². The van der Waals surface area contributed by atoms with Gasteiger partial charge in [0.2, 0.25) is 0 Å². The third kappa shape index (κ3) is 4.50. The molecule has 0 aliphatic carbocycles. The molecule has 16 heavy (non-hydrogen) atoms. The lowest BCUT2D eigenvalue weighted by molar-refractivity contribution is -0.135. The molecule has 0 radical (unpaired) electrons. The van der Waals surface area contributed by atoms with Crippen molar-refractivity contribution >= 4 is 5.97 Å². The van der Waals surface area contributed by atoms with Gasteiger partial charge in [-0.1, -0.05) is 18.2 Å². The third-order valence-corrected chi connectivity index (χ3v) is 1.92. The number of aliphatic hydroxyl groups is 1. The van der Waals surface area contributed by atoms with E-state index in [1.807, 2.05) is 30.3 Å². The van der Waals surface area contributed by atoms with E-state index >= 15 is 0 Å². The number of aliphatic hydroxyl groups excluding tert-OH is 1. The predicted molar refractivity (Wildman–Crippen MR) is 59.5 cm³/mol. The second-order valence-corrected chi connectivity index (χ2v) is 3.20. The number of benzene rings is 1. The zero-order chi connectivity index (χ0) is 11.8. The summed E-state index contributed by atoms with van der Waals surface area (Å²) < 4.78 is 5.39. The van der Waals surface area contributed by atoms with Crippen molar-refractivity contribution in [3.05, 3.63) is 42.2 Å². The molecule has 0 heterocycles. The first-order chi connectivity index (χ1) is 7.70. The van der Waals surface area contributed by atoms with E-state index in [1.54, 1.807) is 0 Å². The Kier molecular flexibility index (Phi) is 4.92. The van der Waals surface area contributed by atoms with E-state index < -0.39 is 11.7 Å². The minimum absolute atomic E-state index is 0.477. The number of hydrogen-bond donors (Lipinski definition) is 2. The first-order valence-corrected chi connectivity index (χ1v) is 5.00. The minimum Gasteiger partial charge on any atom is -0.502 e. The number of rotatable bonds is 6. The molecule has 0 aromatic heterocycles. The molecular weight excluding hydrogens is 208 g/mol. The molecule has 4 nitrogen and oxygen atoms in total. The maximum Gasteiger partial charge on any atom is 0.370 e. The van der Waals surface area contributed by atoms with Crippen molar-refractivity contribution in [3.8, 4) is 5.75 Å². The largest absolute Gasteiger partial charge is 0.502 e. The number of carboxylic acids is 1. The van der Waals surface area contributed by atoms with Crippen molar-refractivity contribution in [1.29, 1.82) is 0 Å². The highest BCUT2D eigenvalue weighted by Crippen LogP contribution is 2.09. The van der Waals surface area contributed by atoms with Crippen molar-refractivity contribution in [2.24, 2.45) is 0 Å². The normalized spacial score (nSPS) is 11.1. The molecule has 0 bridgehead atoms. The van der Waals surface area contributed by atoms with Crippen LogP contribution in [0.15, 0.2) is 42.2 Å². The number of allylic oxidation sites excluding steroid dienone is 1. The topological polar surface area (TPSA) is 66.8 Å². The summed E-state index contributed by atoms with van der Waals surface area (Å²) in [7, 11) is 0. The zero-order valence-corrected chi connectivity index (χ0v) is 8.80. The van der Waals surface area contributed by atoms with Crippen molar-refractivity contribution < 1.29 is 19.7 Å². The highest BCUT2D eigenvalue weighted by molar-refractivity contribution is 5.83. The summed E-state index contributed by atoms with van der Waals surface area (Å²) in [5.74, 6) is -1.13. The van der Waals surface area contributed by atoms with E-state index in [0.29, 0.717) is 19.4 Å². The van der Waals surface area contributed by atoms with Gasteiger partial charge in [-0.2, -0.15) is 0 Å². The summed E-state index contributed by atoms with van der Waals surface area (Å²) in [4.78, 5) is 10.2. The van der Waals surface area contributed by atoms with E-state index in [4.69, 9.17) is 14.9 Å². The van der Waals surface area contributed by atoms with Gasteiger partial charge in [-0.15, -0.1) is 0 Å². The molecule has 0 amide bonds. The van der Waals surface area contributed by atoms with Gasteiger partial charge in [-0.3, -0.25) is 0 Å². The molecule has 1 aromatic carbocycles. The predicted octanol–water partition coefficient (Wildman–Crippen LogP) is 2.37. The van der Waals surface area contributed by atoms with Gasteiger partial charge in [-0.25, -0.2) is 4.79 Å². The number of hydrogen-bond acceptors (Lipinski definition) is 3. The number of ether oxygens (including phenoxy) is 1. The van der Waals surface area contributed by atoms with Crippen LogP contribution in [0.25, 0.3) is 0 Å². The Morgan fingerprint density at radius 3 is 2.56 bits per heavy atom. The summed E-state index contributed by atoms with van der Waals surface area (Å²) in [5, 5.41) is 17.2. The van der Waals surface area contributed by atoms with Crippen LogP contribution < -0.4 is 4.74 Å². The van der Waals surface area contributed by atoms with Crippen LogP contribution in [0.5, 0.6) is 5.75 Å². The van der Waals surface area contributed by atoms with Crippen molar-refractivity contribution in [3.63, 3.8) is 0 Å². The van der Waals surface area contributed by atoms with Gasteiger partial charge in [0.1, 0.15) is 5.75 Å². The average Bonchev–Trinajstić information content (AvgIpc) is 2.29. The minimum atomic E-state index is -1.30. The molecule has 0 fully saturated rings. The molecule has 2 N–H and O–H groups in total. The number of para-hydroxylation sites is 1. The molecule has 1 rings (SSSR count). The average molecular weight is 222 g/mol. The van der Waals surface area contributed by atoms with E-state index in [1.165, 1.54) is 6.08 Å². The van der Waals surface area contributed by atoms with Gasteiger partial charge in [0.05, 0.1) is 6.61 Å². The molecule has 0 saturated heterocycles. The molecule has 86 valence electrons. The maximum absolute atomic E-state index is 10.2. The van der Waals surface area contributed by atoms with E-state index in [-0.39, 0.29) is 0 Å². The first kappa shape index (κ1) is 12.1. The Hall–Kier alpha value is -1.97. The molecule has 0 saturated carbocycles. The maximum atomic E-state index is 10.2. The zero-order valence-electron chi connectivity index (χ0n) is 8.80. The quantitative estimate of drug-likeness (QED) is 0.440.